The van der Waals surface area contributed by atoms with Crippen LogP contribution in [0.15, 0.2) is 72.0 Å². The number of rotatable bonds is 4. The highest BCUT2D eigenvalue weighted by Crippen LogP contribution is 2.39. The van der Waals surface area contributed by atoms with Gasteiger partial charge >= 0.3 is 0 Å². The number of nitrogens with zero attached hydrogens (tertiary/aromatic N) is 5. The first-order valence-electron chi connectivity index (χ1n) is 10.1. The molecule has 33 heavy (non-hydrogen) atoms. The molecule has 1 aliphatic rings. The Balaban J connectivity index is 0.00000259. The van der Waals surface area contributed by atoms with Crippen LogP contribution in [0.1, 0.15) is 23.5 Å². The summed E-state index contributed by atoms with van der Waals surface area (Å²) in [4.78, 5) is 32.8. The van der Waals surface area contributed by atoms with Crippen LogP contribution in [0, 0.1) is 0 Å². The number of thioether (sulfide) groups is 1. The van der Waals surface area contributed by atoms with Gasteiger partial charge in [0.25, 0.3) is 5.91 Å². The average Bonchev–Trinajstić information content (AvgIpc) is 3.25. The Labute approximate surface area is 196 Å². The number of fused-ring (bicyclic) bond motifs is 3. The van der Waals surface area contributed by atoms with Gasteiger partial charge in [-0.1, -0.05) is 49.0 Å². The molecular weight excluding hydrogens is 436 g/mol. The maximum Gasteiger partial charge on any atom is 0.274 e. The summed E-state index contributed by atoms with van der Waals surface area (Å²) in [6, 6.07) is 15.0. The molecule has 0 unspecified atom stereocenters. The van der Waals surface area contributed by atoms with E-state index in [4.69, 9.17) is 0 Å². The van der Waals surface area contributed by atoms with Crippen LogP contribution < -0.4 is 10.2 Å². The third kappa shape index (κ3) is 4.45. The Morgan fingerprint density at radius 3 is 2.82 bits per heavy atom. The van der Waals surface area contributed by atoms with Crippen molar-refractivity contribution in [2.45, 2.75) is 24.9 Å². The molecule has 9 heteroatoms. The summed E-state index contributed by atoms with van der Waals surface area (Å²) in [5, 5.41) is 12.8. The van der Waals surface area contributed by atoms with Crippen molar-refractivity contribution in [2.24, 2.45) is 0 Å². The zero-order valence-electron chi connectivity index (χ0n) is 17.3. The molecule has 1 atom stereocenters. The van der Waals surface area contributed by atoms with Crippen LogP contribution in [-0.4, -0.2) is 50.6 Å². The Hall–Kier alpha value is -3.72. The monoisotopic (exact) mass is 460 g/mol. The van der Waals surface area contributed by atoms with Crippen molar-refractivity contribution in [3.05, 3.63) is 78.4 Å². The Morgan fingerprint density at radius 2 is 2.00 bits per heavy atom. The van der Waals surface area contributed by atoms with E-state index in [1.54, 1.807) is 47.0 Å². The van der Waals surface area contributed by atoms with Gasteiger partial charge in [-0.3, -0.25) is 14.6 Å². The van der Waals surface area contributed by atoms with E-state index in [1.807, 2.05) is 48.5 Å². The summed E-state index contributed by atoms with van der Waals surface area (Å²) >= 11 is 1.55. The highest BCUT2D eigenvalue weighted by molar-refractivity contribution is 7.99. The summed E-state index contributed by atoms with van der Waals surface area (Å²) in [5.74, 6) is -0.168. The number of amides is 2. The van der Waals surface area contributed by atoms with Crippen molar-refractivity contribution in [2.75, 3.05) is 17.7 Å². The molecule has 3 heterocycles. The van der Waals surface area contributed by atoms with Crippen LogP contribution in [0.3, 0.4) is 0 Å². The molecule has 2 aromatic heterocycles. The van der Waals surface area contributed by atoms with E-state index in [2.05, 4.69) is 20.6 Å². The lowest BCUT2D eigenvalue weighted by atomic mass is 10.1. The summed E-state index contributed by atoms with van der Waals surface area (Å²) in [6.45, 7) is 0.513. The highest BCUT2D eigenvalue weighted by Gasteiger charge is 2.31. The molecule has 0 bridgehead atoms. The van der Waals surface area contributed by atoms with Crippen molar-refractivity contribution in [1.29, 1.82) is 0 Å². The van der Waals surface area contributed by atoms with Crippen molar-refractivity contribution in [3.8, 4) is 0 Å². The molecule has 168 valence electrons. The Kier molecular flexibility index (Phi) is 6.41. The van der Waals surface area contributed by atoms with Gasteiger partial charge in [-0.2, -0.15) is 0 Å². The summed E-state index contributed by atoms with van der Waals surface area (Å²) in [6.07, 6.45) is 5.09. The SMILES string of the molecule is C.CN1C(=O)[C@@H](NC(=O)c2cn(Cc3ccccc3)nn2)CSc2ccc3cnccc3c21. The molecule has 0 radical (unpaired) electrons. The number of hydrogen-bond acceptors (Lipinski definition) is 6. The normalized spacial score (nSPS) is 15.5. The quantitative estimate of drug-likeness (QED) is 0.502. The van der Waals surface area contributed by atoms with E-state index in [9.17, 15) is 9.59 Å². The molecule has 4 aromatic rings. The van der Waals surface area contributed by atoms with E-state index in [0.717, 1.165) is 26.9 Å². The summed E-state index contributed by atoms with van der Waals surface area (Å²) < 4.78 is 1.61. The van der Waals surface area contributed by atoms with Crippen LogP contribution >= 0.6 is 11.8 Å². The number of carbonyl (C=O) groups is 2. The van der Waals surface area contributed by atoms with Gasteiger partial charge in [-0.25, -0.2) is 4.68 Å². The minimum atomic E-state index is -0.680. The molecule has 0 fully saturated rings. The molecule has 0 aliphatic carbocycles. The van der Waals surface area contributed by atoms with Gasteiger partial charge in [-0.05, 0) is 17.7 Å². The number of aromatic nitrogens is 4. The maximum absolute atomic E-state index is 13.2. The topological polar surface area (TPSA) is 93.0 Å². The van der Waals surface area contributed by atoms with E-state index in [1.165, 1.54) is 0 Å². The van der Waals surface area contributed by atoms with Crippen LogP contribution in [0.25, 0.3) is 10.8 Å². The molecular formula is C24H24N6O2S. The van der Waals surface area contributed by atoms with E-state index < -0.39 is 11.9 Å². The summed E-state index contributed by atoms with van der Waals surface area (Å²) in [7, 11) is 1.74. The fourth-order valence-corrected chi connectivity index (χ4v) is 4.89. The van der Waals surface area contributed by atoms with E-state index in [-0.39, 0.29) is 19.0 Å². The third-order valence-electron chi connectivity index (χ3n) is 5.39. The number of carbonyl (C=O) groups excluding carboxylic acids is 2. The van der Waals surface area contributed by atoms with Crippen LogP contribution in [0.4, 0.5) is 5.69 Å². The molecule has 1 N–H and O–H groups in total. The van der Waals surface area contributed by atoms with Gasteiger partial charge in [-0.15, -0.1) is 16.9 Å². The van der Waals surface area contributed by atoms with Gasteiger partial charge in [0.1, 0.15) is 6.04 Å². The Bertz CT molecular complexity index is 1310. The molecule has 0 spiro atoms. The van der Waals surface area contributed by atoms with Gasteiger partial charge in [0.2, 0.25) is 5.91 Å². The fraction of sp³-hybridized carbons (Fsp3) is 0.208. The van der Waals surface area contributed by atoms with Crippen LogP contribution in [0.2, 0.25) is 0 Å². The van der Waals surface area contributed by atoms with Crippen molar-refractivity contribution in [1.82, 2.24) is 25.3 Å². The molecule has 1 aliphatic heterocycles. The van der Waals surface area contributed by atoms with E-state index >= 15 is 0 Å². The highest BCUT2D eigenvalue weighted by atomic mass is 32.2. The number of pyridine rings is 1. The van der Waals surface area contributed by atoms with Gasteiger partial charge < -0.3 is 10.2 Å². The minimum Gasteiger partial charge on any atom is -0.338 e. The molecule has 2 aromatic carbocycles. The van der Waals surface area contributed by atoms with Crippen LogP contribution in [-0.2, 0) is 11.3 Å². The lowest BCUT2D eigenvalue weighted by molar-refractivity contribution is -0.119. The number of nitrogens with one attached hydrogen (secondary N) is 1. The maximum atomic E-state index is 13.2. The van der Waals surface area contributed by atoms with Crippen LogP contribution in [0.5, 0.6) is 0 Å². The number of benzene rings is 2. The largest absolute Gasteiger partial charge is 0.338 e. The first kappa shape index (κ1) is 22.5. The molecule has 8 nitrogen and oxygen atoms in total. The second kappa shape index (κ2) is 9.41. The van der Waals surface area contributed by atoms with Gasteiger partial charge in [0, 0.05) is 40.9 Å². The lowest BCUT2D eigenvalue weighted by Gasteiger charge is -2.22. The molecule has 2 amide bonds. The predicted octanol–water partition coefficient (Wildman–Crippen LogP) is 3.38. The first-order chi connectivity index (χ1) is 15.6. The smallest absolute Gasteiger partial charge is 0.274 e. The molecule has 0 saturated carbocycles. The lowest BCUT2D eigenvalue weighted by Crippen LogP contribution is -2.48. The molecule has 0 saturated heterocycles. The number of anilines is 1. The number of likely N-dealkylation sites (N-methyl/N-ethyl adjacent to an activating group) is 1. The van der Waals surface area contributed by atoms with Gasteiger partial charge in [0.05, 0.1) is 18.4 Å². The van der Waals surface area contributed by atoms with Crippen molar-refractivity contribution in [3.63, 3.8) is 0 Å². The average molecular weight is 461 g/mol. The number of hydrogen-bond donors (Lipinski definition) is 1. The second-order valence-corrected chi connectivity index (χ2v) is 8.59. The van der Waals surface area contributed by atoms with Crippen molar-refractivity contribution >= 4 is 40.0 Å². The first-order valence-corrected chi connectivity index (χ1v) is 11.1. The predicted molar refractivity (Wildman–Crippen MR) is 129 cm³/mol. The van der Waals surface area contributed by atoms with Gasteiger partial charge in [0.15, 0.2) is 5.69 Å². The fourth-order valence-electron chi connectivity index (χ4n) is 3.77. The van der Waals surface area contributed by atoms with E-state index in [0.29, 0.717) is 12.3 Å². The zero-order valence-corrected chi connectivity index (χ0v) is 18.1. The molecule has 5 rings (SSSR count). The minimum absolute atomic E-state index is 0. The van der Waals surface area contributed by atoms with Crippen molar-refractivity contribution < 1.29 is 9.59 Å². The standard InChI is InChI=1S/C23H20N6O2S.CH4/c1-28-21-17-9-10-24-11-16(17)7-8-20(21)32-14-19(23(28)31)25-22(30)18-13-29(27-26-18)12-15-5-3-2-4-6-15;/h2-11,13,19H,12,14H2,1H3,(H,25,30);1H4/t19-;/m0./s1. The zero-order chi connectivity index (χ0) is 22.1. The third-order valence-corrected chi connectivity index (χ3v) is 6.53. The second-order valence-electron chi connectivity index (χ2n) is 7.53. The Morgan fingerprint density at radius 1 is 1.18 bits per heavy atom. The summed E-state index contributed by atoms with van der Waals surface area (Å²) in [5.41, 5.74) is 2.08.